The minimum absolute atomic E-state index is 0.367. The molecule has 0 aliphatic carbocycles. The summed E-state index contributed by atoms with van der Waals surface area (Å²) in [6, 6.07) is 27.3. The maximum absolute atomic E-state index is 13.1. The fourth-order valence-corrected chi connectivity index (χ4v) is 7.27. The van der Waals surface area contributed by atoms with Crippen LogP contribution < -0.4 is 10.2 Å². The fourth-order valence-electron chi connectivity index (χ4n) is 7.27. The Kier molecular flexibility index (Phi) is 8.72. The Hall–Kier alpha value is -7.51. The number of nitrogens with zero attached hydrogens (tertiary/aromatic N) is 11. The fraction of sp³-hybridized carbons (Fsp3) is 0.0909. The summed E-state index contributed by atoms with van der Waals surface area (Å²) in [5, 5.41) is 14.5. The average Bonchev–Trinajstić information content (AvgIpc) is 3.91. The van der Waals surface area contributed by atoms with Gasteiger partial charge in [-0.15, -0.1) is 0 Å². The second-order valence-electron chi connectivity index (χ2n) is 13.6. The Balaban J connectivity index is 0.000000141. The highest BCUT2D eigenvalue weighted by molar-refractivity contribution is 5.98. The van der Waals surface area contributed by atoms with Gasteiger partial charge in [-0.25, -0.2) is 23.4 Å². The highest BCUT2D eigenvalue weighted by atomic mass is 19.1. The number of pyridine rings is 4. The van der Waals surface area contributed by atoms with Gasteiger partial charge in [0.2, 0.25) is 0 Å². The van der Waals surface area contributed by atoms with Crippen molar-refractivity contribution >= 4 is 38.8 Å². The van der Waals surface area contributed by atoms with Crippen LogP contribution in [-0.4, -0.2) is 75.3 Å². The van der Waals surface area contributed by atoms with E-state index in [4.69, 9.17) is 4.98 Å². The Bertz CT molecular complexity index is 3020. The monoisotopic (exact) mass is 748 g/mol. The average molecular weight is 749 g/mol. The van der Waals surface area contributed by atoms with Crippen LogP contribution in [0.2, 0.25) is 0 Å². The van der Waals surface area contributed by atoms with Crippen LogP contribution in [0, 0.1) is 5.82 Å². The van der Waals surface area contributed by atoms with Gasteiger partial charge in [0.05, 0.1) is 52.9 Å². The van der Waals surface area contributed by atoms with Crippen molar-refractivity contribution in [3.8, 4) is 44.8 Å². The lowest BCUT2D eigenvalue weighted by Crippen LogP contribution is -2.43. The van der Waals surface area contributed by atoms with Gasteiger partial charge in [-0.3, -0.25) is 19.9 Å². The highest BCUT2D eigenvalue weighted by Crippen LogP contribution is 2.32. The van der Waals surface area contributed by atoms with E-state index in [1.165, 1.54) is 12.3 Å². The number of piperazine rings is 1. The maximum Gasteiger partial charge on any atom is 0.162 e. The minimum Gasteiger partial charge on any atom is -0.368 e. The van der Waals surface area contributed by atoms with E-state index in [-0.39, 0.29) is 5.82 Å². The van der Waals surface area contributed by atoms with E-state index in [2.05, 4.69) is 63.5 Å². The number of nitrogens with one attached hydrogen (secondary N) is 1. The van der Waals surface area contributed by atoms with E-state index >= 15 is 0 Å². The molecular weight excluding hydrogens is 716 g/mol. The standard InChI is InChI=1S/C24H21N7.C20H12FN5/c1-2-4-23-20(3-1)19(7-8-26-23)21-15-29-31-16-17(13-28-24(21)31)22-6-5-18(14-27-22)30-11-9-25-10-12-30;21-14-5-6-18(23-10-14)13-9-24-20-17(11-25-26(20)12-13)15-7-8-22-19-4-2-1-3-16(15)19/h1-8,13-16,25H,9-12H2;1-12H. The first kappa shape index (κ1) is 34.0. The molecule has 11 rings (SSSR count). The van der Waals surface area contributed by atoms with Gasteiger partial charge >= 0.3 is 0 Å². The van der Waals surface area contributed by atoms with E-state index in [1.54, 1.807) is 29.2 Å². The van der Waals surface area contributed by atoms with E-state index in [0.29, 0.717) is 5.69 Å². The molecule has 0 unspecified atom stereocenters. The number of fused-ring (bicyclic) bond motifs is 4. The second-order valence-corrected chi connectivity index (χ2v) is 13.6. The molecule has 0 atom stereocenters. The molecule has 1 aliphatic heterocycles. The first-order valence-electron chi connectivity index (χ1n) is 18.6. The van der Waals surface area contributed by atoms with Gasteiger partial charge in [0.15, 0.2) is 11.3 Å². The van der Waals surface area contributed by atoms with Crippen LogP contribution in [0.5, 0.6) is 0 Å². The molecule has 0 bridgehead atoms. The van der Waals surface area contributed by atoms with E-state index in [9.17, 15) is 4.39 Å². The molecule has 1 N–H and O–H groups in total. The zero-order chi connectivity index (χ0) is 38.1. The molecule has 0 radical (unpaired) electrons. The third kappa shape index (κ3) is 6.55. The van der Waals surface area contributed by atoms with Crippen molar-refractivity contribution in [1.29, 1.82) is 0 Å². The maximum atomic E-state index is 13.1. The molecular formula is C44H33FN12. The van der Waals surface area contributed by atoms with Gasteiger partial charge < -0.3 is 10.2 Å². The molecule has 12 nitrogen and oxygen atoms in total. The van der Waals surface area contributed by atoms with E-state index in [1.807, 2.05) is 96.3 Å². The third-order valence-electron chi connectivity index (χ3n) is 10.1. The largest absolute Gasteiger partial charge is 0.368 e. The summed E-state index contributed by atoms with van der Waals surface area (Å²) >= 11 is 0. The van der Waals surface area contributed by atoms with Crippen molar-refractivity contribution < 1.29 is 4.39 Å². The quantitative estimate of drug-likeness (QED) is 0.188. The molecule has 2 aromatic carbocycles. The number of aromatic nitrogens is 10. The van der Waals surface area contributed by atoms with Gasteiger partial charge in [-0.1, -0.05) is 36.4 Å². The van der Waals surface area contributed by atoms with Crippen molar-refractivity contribution in [3.05, 3.63) is 153 Å². The van der Waals surface area contributed by atoms with Crippen molar-refractivity contribution in [3.63, 3.8) is 0 Å². The lowest BCUT2D eigenvalue weighted by molar-refractivity contribution is 0.589. The number of anilines is 1. The Labute approximate surface area is 325 Å². The lowest BCUT2D eigenvalue weighted by atomic mass is 10.0. The molecule has 1 saturated heterocycles. The van der Waals surface area contributed by atoms with Crippen molar-refractivity contribution in [2.45, 2.75) is 0 Å². The lowest BCUT2D eigenvalue weighted by Gasteiger charge is -2.29. The molecule has 10 aromatic rings. The van der Waals surface area contributed by atoms with Crippen molar-refractivity contribution in [2.24, 2.45) is 0 Å². The van der Waals surface area contributed by atoms with Crippen LogP contribution in [-0.2, 0) is 0 Å². The SMILES string of the molecule is Fc1ccc(-c2cnc3c(-c4ccnc5ccccc45)cnn3c2)nc1.c1ccc2c(-c3cnn4cc(-c5ccc(N6CCNCC6)cn5)cnc34)ccnc2c1. The summed E-state index contributed by atoms with van der Waals surface area (Å²) in [5.74, 6) is -0.367. The third-order valence-corrected chi connectivity index (χ3v) is 10.1. The van der Waals surface area contributed by atoms with Crippen LogP contribution in [0.15, 0.2) is 147 Å². The van der Waals surface area contributed by atoms with Gasteiger partial charge in [-0.2, -0.15) is 10.2 Å². The second kappa shape index (κ2) is 14.6. The Morgan fingerprint density at radius 3 is 1.56 bits per heavy atom. The molecule has 13 heteroatoms. The minimum atomic E-state index is -0.367. The van der Waals surface area contributed by atoms with Crippen LogP contribution >= 0.6 is 0 Å². The summed E-state index contributed by atoms with van der Waals surface area (Å²) in [6.07, 6.45) is 17.9. The normalized spacial score (nSPS) is 13.0. The van der Waals surface area contributed by atoms with Crippen LogP contribution in [0.1, 0.15) is 0 Å². The number of rotatable bonds is 5. The van der Waals surface area contributed by atoms with Crippen LogP contribution in [0.25, 0.3) is 77.9 Å². The number of halogens is 1. The van der Waals surface area contributed by atoms with Crippen LogP contribution in [0.4, 0.5) is 10.1 Å². The highest BCUT2D eigenvalue weighted by Gasteiger charge is 2.15. The molecule has 0 saturated carbocycles. The van der Waals surface area contributed by atoms with E-state index < -0.39 is 0 Å². The van der Waals surface area contributed by atoms with Gasteiger partial charge in [0.1, 0.15) is 5.82 Å². The number of hydrogen-bond acceptors (Lipinski definition) is 10. The Morgan fingerprint density at radius 2 is 1.04 bits per heavy atom. The summed E-state index contributed by atoms with van der Waals surface area (Å²) in [5.41, 5.74) is 11.9. The summed E-state index contributed by atoms with van der Waals surface area (Å²) in [6.45, 7) is 4.04. The molecule has 276 valence electrons. The summed E-state index contributed by atoms with van der Waals surface area (Å²) in [7, 11) is 0. The zero-order valence-corrected chi connectivity index (χ0v) is 30.5. The molecule has 9 heterocycles. The smallest absolute Gasteiger partial charge is 0.162 e. The predicted molar refractivity (Wildman–Crippen MR) is 219 cm³/mol. The first-order valence-corrected chi connectivity index (χ1v) is 18.6. The van der Waals surface area contributed by atoms with Crippen molar-refractivity contribution in [2.75, 3.05) is 31.1 Å². The van der Waals surface area contributed by atoms with Gasteiger partial charge in [-0.05, 0) is 59.7 Å². The summed E-state index contributed by atoms with van der Waals surface area (Å²) < 4.78 is 16.6. The molecule has 1 aliphatic rings. The number of para-hydroxylation sites is 2. The van der Waals surface area contributed by atoms with Crippen LogP contribution in [0.3, 0.4) is 0 Å². The first-order chi connectivity index (χ1) is 28.2. The summed E-state index contributed by atoms with van der Waals surface area (Å²) in [4.78, 5) is 29.3. The Morgan fingerprint density at radius 1 is 0.491 bits per heavy atom. The zero-order valence-electron chi connectivity index (χ0n) is 30.5. The molecule has 8 aromatic heterocycles. The van der Waals surface area contributed by atoms with Gasteiger partial charge in [0, 0.05) is 96.4 Å². The molecule has 57 heavy (non-hydrogen) atoms. The number of benzene rings is 2. The predicted octanol–water partition coefficient (Wildman–Crippen LogP) is 7.56. The van der Waals surface area contributed by atoms with E-state index in [0.717, 1.165) is 104 Å². The van der Waals surface area contributed by atoms with Crippen molar-refractivity contribution in [1.82, 2.24) is 54.4 Å². The number of hydrogen-bond donors (Lipinski definition) is 1. The topological polar surface area (TPSA) is 127 Å². The van der Waals surface area contributed by atoms with Gasteiger partial charge in [0.25, 0.3) is 0 Å². The molecule has 0 spiro atoms. The molecule has 1 fully saturated rings. The molecule has 0 amide bonds.